The van der Waals surface area contributed by atoms with Gasteiger partial charge in [0, 0.05) is 5.02 Å². The number of halogens is 2. The van der Waals surface area contributed by atoms with E-state index in [2.05, 4.69) is 5.32 Å². The molecule has 1 amide bonds. The van der Waals surface area contributed by atoms with Crippen molar-refractivity contribution in [1.29, 1.82) is 0 Å². The molecule has 4 nitrogen and oxygen atoms in total. The lowest BCUT2D eigenvalue weighted by atomic mass is 10.2. The van der Waals surface area contributed by atoms with E-state index in [4.69, 9.17) is 32.7 Å². The molecule has 2 rings (SSSR count). The number of amides is 1. The van der Waals surface area contributed by atoms with E-state index in [0.717, 1.165) is 0 Å². The third kappa shape index (κ3) is 5.62. The van der Waals surface area contributed by atoms with Gasteiger partial charge in [0.1, 0.15) is 18.1 Å². The van der Waals surface area contributed by atoms with E-state index in [0.29, 0.717) is 41.1 Å². The van der Waals surface area contributed by atoms with Crippen LogP contribution in [0.2, 0.25) is 10.0 Å². The van der Waals surface area contributed by atoms with E-state index in [-0.39, 0.29) is 5.91 Å². The summed E-state index contributed by atoms with van der Waals surface area (Å²) in [5, 5.41) is 3.93. The number of para-hydroxylation sites is 1. The Kier molecular flexibility index (Phi) is 7.22. The summed E-state index contributed by atoms with van der Waals surface area (Å²) < 4.78 is 11.2. The molecule has 1 N–H and O–H groups in total. The van der Waals surface area contributed by atoms with Crippen LogP contribution in [0, 0.1) is 0 Å². The summed E-state index contributed by atoms with van der Waals surface area (Å²) in [5.74, 6) is 1.00. The van der Waals surface area contributed by atoms with Gasteiger partial charge in [0.2, 0.25) is 0 Å². The van der Waals surface area contributed by atoms with E-state index >= 15 is 0 Å². The second kappa shape index (κ2) is 9.40. The van der Waals surface area contributed by atoms with E-state index in [9.17, 15) is 4.79 Å². The fourth-order valence-electron chi connectivity index (χ4n) is 2.00. The molecule has 0 saturated heterocycles. The minimum atomic E-state index is -0.597. The van der Waals surface area contributed by atoms with Gasteiger partial charge in [-0.3, -0.25) is 4.79 Å². The van der Waals surface area contributed by atoms with Gasteiger partial charge in [0.15, 0.2) is 6.10 Å². The number of carbonyl (C=O) groups is 1. The molecule has 128 valence electrons. The first-order valence-electron chi connectivity index (χ1n) is 7.67. The molecule has 0 aliphatic carbocycles. The molecular weight excluding hydrogens is 349 g/mol. The highest BCUT2D eigenvalue weighted by Gasteiger charge is 2.18. The van der Waals surface area contributed by atoms with Crippen molar-refractivity contribution in [1.82, 2.24) is 5.32 Å². The van der Waals surface area contributed by atoms with Crippen molar-refractivity contribution < 1.29 is 14.3 Å². The average Bonchev–Trinajstić information content (AvgIpc) is 2.59. The first-order chi connectivity index (χ1) is 11.6. The third-order valence-corrected chi connectivity index (χ3v) is 3.82. The van der Waals surface area contributed by atoms with Gasteiger partial charge in [0.25, 0.3) is 5.91 Å². The van der Waals surface area contributed by atoms with Gasteiger partial charge in [-0.25, -0.2) is 0 Å². The monoisotopic (exact) mass is 367 g/mol. The van der Waals surface area contributed by atoms with Gasteiger partial charge < -0.3 is 14.8 Å². The van der Waals surface area contributed by atoms with Crippen LogP contribution in [0.4, 0.5) is 0 Å². The van der Waals surface area contributed by atoms with Crippen molar-refractivity contribution in [2.24, 2.45) is 0 Å². The molecule has 1 atom stereocenters. The maximum atomic E-state index is 12.2. The van der Waals surface area contributed by atoms with Gasteiger partial charge in [-0.05, 0) is 42.8 Å². The molecule has 0 fully saturated rings. The molecule has 0 aromatic heterocycles. The molecule has 0 aliphatic rings. The predicted molar refractivity (Wildman–Crippen MR) is 96.1 cm³/mol. The molecule has 0 spiro atoms. The maximum absolute atomic E-state index is 12.2. The predicted octanol–water partition coefficient (Wildman–Crippen LogP) is 4.35. The molecule has 0 aliphatic heterocycles. The summed E-state index contributed by atoms with van der Waals surface area (Å²) in [6, 6.07) is 14.1. The van der Waals surface area contributed by atoms with Crippen LogP contribution in [0.3, 0.4) is 0 Å². The summed E-state index contributed by atoms with van der Waals surface area (Å²) in [4.78, 5) is 12.2. The Labute approximate surface area is 151 Å². The van der Waals surface area contributed by atoms with Crippen LogP contribution >= 0.6 is 23.2 Å². The van der Waals surface area contributed by atoms with E-state index in [1.165, 1.54) is 0 Å². The molecule has 6 heteroatoms. The van der Waals surface area contributed by atoms with Crippen molar-refractivity contribution in [3.8, 4) is 11.5 Å². The number of benzene rings is 2. The minimum absolute atomic E-state index is 0.197. The smallest absolute Gasteiger partial charge is 0.261 e. The third-order valence-electron chi connectivity index (χ3n) is 3.25. The standard InChI is InChI=1S/C18H19Cl2NO3/c1-2-16(24-17-6-4-3-5-15(17)20)18(22)21-11-12-23-14-9-7-13(19)8-10-14/h3-10,16H,2,11-12H2,1H3,(H,21,22)/t16-/m0/s1. The number of hydrogen-bond donors (Lipinski definition) is 1. The molecule has 2 aromatic carbocycles. The fraction of sp³-hybridized carbons (Fsp3) is 0.278. The Balaban J connectivity index is 1.77. The Morgan fingerprint density at radius 2 is 1.83 bits per heavy atom. The van der Waals surface area contributed by atoms with Crippen LogP contribution in [0.25, 0.3) is 0 Å². The van der Waals surface area contributed by atoms with Gasteiger partial charge in [-0.15, -0.1) is 0 Å². The second-order valence-electron chi connectivity index (χ2n) is 5.04. The number of carbonyl (C=O) groups excluding carboxylic acids is 1. The largest absolute Gasteiger partial charge is 0.492 e. The van der Waals surface area contributed by atoms with Crippen molar-refractivity contribution in [2.75, 3.05) is 13.2 Å². The lowest BCUT2D eigenvalue weighted by Gasteiger charge is -2.18. The SMILES string of the molecule is CC[C@H](Oc1ccccc1Cl)C(=O)NCCOc1ccc(Cl)cc1. The van der Waals surface area contributed by atoms with Crippen LogP contribution in [-0.4, -0.2) is 25.2 Å². The normalized spacial score (nSPS) is 11.6. The average molecular weight is 368 g/mol. The van der Waals surface area contributed by atoms with Crippen LogP contribution in [0.5, 0.6) is 11.5 Å². The fourth-order valence-corrected chi connectivity index (χ4v) is 2.31. The van der Waals surface area contributed by atoms with Crippen molar-refractivity contribution in [3.63, 3.8) is 0 Å². The van der Waals surface area contributed by atoms with Crippen molar-refractivity contribution >= 4 is 29.1 Å². The summed E-state index contributed by atoms with van der Waals surface area (Å²) in [5.41, 5.74) is 0. The number of rotatable bonds is 8. The van der Waals surface area contributed by atoms with Gasteiger partial charge in [-0.2, -0.15) is 0 Å². The first-order valence-corrected chi connectivity index (χ1v) is 8.43. The molecule has 2 aromatic rings. The molecule has 0 unspecified atom stereocenters. The molecule has 0 radical (unpaired) electrons. The summed E-state index contributed by atoms with van der Waals surface area (Å²) in [6.07, 6.45) is -0.0600. The first kappa shape index (κ1) is 18.4. The Morgan fingerprint density at radius 1 is 1.12 bits per heavy atom. The highest BCUT2D eigenvalue weighted by atomic mass is 35.5. The summed E-state index contributed by atoms with van der Waals surface area (Å²) in [7, 11) is 0. The number of nitrogens with one attached hydrogen (secondary N) is 1. The number of hydrogen-bond acceptors (Lipinski definition) is 3. The van der Waals surface area contributed by atoms with Gasteiger partial charge in [-0.1, -0.05) is 42.3 Å². The van der Waals surface area contributed by atoms with E-state index < -0.39 is 6.10 Å². The zero-order chi connectivity index (χ0) is 17.4. The molecule has 0 saturated carbocycles. The van der Waals surface area contributed by atoms with Crippen LogP contribution < -0.4 is 14.8 Å². The van der Waals surface area contributed by atoms with Crippen LogP contribution in [0.15, 0.2) is 48.5 Å². The van der Waals surface area contributed by atoms with E-state index in [1.54, 1.807) is 36.4 Å². The van der Waals surface area contributed by atoms with E-state index in [1.807, 2.05) is 19.1 Å². The molecule has 0 heterocycles. The van der Waals surface area contributed by atoms with Crippen molar-refractivity contribution in [3.05, 3.63) is 58.6 Å². The molecular formula is C18H19Cl2NO3. The maximum Gasteiger partial charge on any atom is 0.261 e. The summed E-state index contributed by atoms with van der Waals surface area (Å²) >= 11 is 11.9. The summed E-state index contributed by atoms with van der Waals surface area (Å²) in [6.45, 7) is 2.62. The van der Waals surface area contributed by atoms with Gasteiger partial charge in [0.05, 0.1) is 11.6 Å². The van der Waals surface area contributed by atoms with Crippen LogP contribution in [0.1, 0.15) is 13.3 Å². The topological polar surface area (TPSA) is 47.6 Å². The Hall–Kier alpha value is -1.91. The highest BCUT2D eigenvalue weighted by molar-refractivity contribution is 6.32. The Morgan fingerprint density at radius 3 is 2.50 bits per heavy atom. The number of ether oxygens (including phenoxy) is 2. The quantitative estimate of drug-likeness (QED) is 0.705. The van der Waals surface area contributed by atoms with Gasteiger partial charge >= 0.3 is 0 Å². The highest BCUT2D eigenvalue weighted by Crippen LogP contribution is 2.24. The molecule has 24 heavy (non-hydrogen) atoms. The lowest BCUT2D eigenvalue weighted by molar-refractivity contribution is -0.128. The minimum Gasteiger partial charge on any atom is -0.492 e. The van der Waals surface area contributed by atoms with Crippen molar-refractivity contribution in [2.45, 2.75) is 19.4 Å². The lowest BCUT2D eigenvalue weighted by Crippen LogP contribution is -2.39. The zero-order valence-electron chi connectivity index (χ0n) is 13.3. The second-order valence-corrected chi connectivity index (χ2v) is 5.88. The zero-order valence-corrected chi connectivity index (χ0v) is 14.8. The Bertz CT molecular complexity index is 662. The van der Waals surface area contributed by atoms with Crippen LogP contribution in [-0.2, 0) is 4.79 Å². The molecule has 0 bridgehead atoms.